The molecule has 4 rings (SSSR count). The topological polar surface area (TPSA) is 82.8 Å². The van der Waals surface area contributed by atoms with Gasteiger partial charge in [-0.15, -0.1) is 0 Å². The number of hydrogen-bond donors (Lipinski definition) is 0. The van der Waals surface area contributed by atoms with E-state index in [4.69, 9.17) is 4.42 Å². The van der Waals surface area contributed by atoms with Gasteiger partial charge in [0.1, 0.15) is 5.76 Å². The monoisotopic (exact) mass is 355 g/mol. The van der Waals surface area contributed by atoms with Crippen molar-refractivity contribution in [3.63, 3.8) is 0 Å². The lowest BCUT2D eigenvalue weighted by molar-refractivity contribution is -0.136. The van der Waals surface area contributed by atoms with Gasteiger partial charge in [-0.3, -0.25) is 9.59 Å². The van der Waals surface area contributed by atoms with Crippen molar-refractivity contribution in [2.45, 2.75) is 13.0 Å². The summed E-state index contributed by atoms with van der Waals surface area (Å²) in [6.45, 7) is 3.54. The van der Waals surface area contributed by atoms with E-state index in [1.807, 2.05) is 11.0 Å². The first-order valence-electron chi connectivity index (χ1n) is 8.81. The number of piperazine rings is 1. The van der Waals surface area contributed by atoms with Crippen LogP contribution in [0.25, 0.3) is 0 Å². The molecule has 0 spiro atoms. The van der Waals surface area contributed by atoms with Gasteiger partial charge in [0.05, 0.1) is 18.7 Å². The SMILES string of the molecule is O=C1CC(C(=O)N2CCN(c3ncccn3)CC2)CN1Cc1ccco1. The van der Waals surface area contributed by atoms with Crippen molar-refractivity contribution in [2.24, 2.45) is 5.92 Å². The molecule has 8 nitrogen and oxygen atoms in total. The summed E-state index contributed by atoms with van der Waals surface area (Å²) >= 11 is 0. The number of nitrogens with zero attached hydrogens (tertiary/aromatic N) is 5. The molecular weight excluding hydrogens is 334 g/mol. The van der Waals surface area contributed by atoms with Gasteiger partial charge >= 0.3 is 0 Å². The van der Waals surface area contributed by atoms with Gasteiger partial charge in [-0.05, 0) is 18.2 Å². The van der Waals surface area contributed by atoms with Crippen LogP contribution in [0.2, 0.25) is 0 Å². The first-order chi connectivity index (χ1) is 12.7. The van der Waals surface area contributed by atoms with Crippen molar-refractivity contribution in [3.8, 4) is 0 Å². The van der Waals surface area contributed by atoms with E-state index >= 15 is 0 Å². The lowest BCUT2D eigenvalue weighted by Gasteiger charge is -2.35. The molecule has 2 aromatic rings. The maximum absolute atomic E-state index is 12.8. The summed E-state index contributed by atoms with van der Waals surface area (Å²) in [5, 5.41) is 0. The zero-order valence-electron chi connectivity index (χ0n) is 14.5. The minimum atomic E-state index is -0.267. The highest BCUT2D eigenvalue weighted by atomic mass is 16.3. The molecular formula is C18H21N5O3. The minimum Gasteiger partial charge on any atom is -0.467 e. The Morgan fingerprint density at radius 3 is 2.62 bits per heavy atom. The fraction of sp³-hybridized carbons (Fsp3) is 0.444. The van der Waals surface area contributed by atoms with Gasteiger partial charge in [-0.2, -0.15) is 0 Å². The molecule has 2 amide bonds. The summed E-state index contributed by atoms with van der Waals surface area (Å²) < 4.78 is 5.30. The maximum Gasteiger partial charge on any atom is 0.228 e. The molecule has 0 aromatic carbocycles. The number of hydrogen-bond acceptors (Lipinski definition) is 6. The normalized spacial score (nSPS) is 20.7. The summed E-state index contributed by atoms with van der Waals surface area (Å²) in [6, 6.07) is 5.43. The van der Waals surface area contributed by atoms with E-state index in [0.29, 0.717) is 45.2 Å². The number of amides is 2. The second kappa shape index (κ2) is 7.15. The standard InChI is InChI=1S/C18H21N5O3/c24-16-11-14(12-23(16)13-15-3-1-10-26-15)17(25)21-6-8-22(9-7-21)18-19-4-2-5-20-18/h1-5,10,14H,6-9,11-13H2. The quantitative estimate of drug-likeness (QED) is 0.806. The molecule has 136 valence electrons. The average Bonchev–Trinajstić information content (AvgIpc) is 3.32. The van der Waals surface area contributed by atoms with Crippen LogP contribution in [0, 0.1) is 5.92 Å². The lowest BCUT2D eigenvalue weighted by atomic mass is 10.1. The smallest absolute Gasteiger partial charge is 0.228 e. The number of furan rings is 1. The molecule has 1 unspecified atom stereocenters. The van der Waals surface area contributed by atoms with E-state index < -0.39 is 0 Å². The van der Waals surface area contributed by atoms with Crippen LogP contribution in [0.3, 0.4) is 0 Å². The fourth-order valence-electron chi connectivity index (χ4n) is 3.52. The third-order valence-electron chi connectivity index (χ3n) is 4.92. The Balaban J connectivity index is 1.32. The molecule has 0 aliphatic carbocycles. The number of likely N-dealkylation sites (tertiary alicyclic amines) is 1. The third kappa shape index (κ3) is 3.40. The van der Waals surface area contributed by atoms with Crippen LogP contribution in [0.4, 0.5) is 5.95 Å². The number of aromatic nitrogens is 2. The van der Waals surface area contributed by atoms with E-state index in [2.05, 4.69) is 14.9 Å². The third-order valence-corrected chi connectivity index (χ3v) is 4.92. The van der Waals surface area contributed by atoms with E-state index in [1.54, 1.807) is 35.7 Å². The summed E-state index contributed by atoms with van der Waals surface area (Å²) in [4.78, 5) is 39.2. The van der Waals surface area contributed by atoms with Crippen LogP contribution in [0.15, 0.2) is 41.3 Å². The van der Waals surface area contributed by atoms with Crippen LogP contribution >= 0.6 is 0 Å². The summed E-state index contributed by atoms with van der Waals surface area (Å²) in [5.41, 5.74) is 0. The zero-order chi connectivity index (χ0) is 17.9. The predicted octanol–water partition coefficient (Wildman–Crippen LogP) is 0.767. The Morgan fingerprint density at radius 1 is 1.15 bits per heavy atom. The Bertz CT molecular complexity index is 756. The van der Waals surface area contributed by atoms with Crippen molar-refractivity contribution in [3.05, 3.63) is 42.6 Å². The van der Waals surface area contributed by atoms with Crippen LogP contribution in [-0.2, 0) is 16.1 Å². The van der Waals surface area contributed by atoms with E-state index in [-0.39, 0.29) is 24.2 Å². The van der Waals surface area contributed by atoms with Crippen LogP contribution in [0.5, 0.6) is 0 Å². The van der Waals surface area contributed by atoms with Gasteiger partial charge in [-0.25, -0.2) is 9.97 Å². The first-order valence-corrected chi connectivity index (χ1v) is 8.81. The molecule has 8 heteroatoms. The fourth-order valence-corrected chi connectivity index (χ4v) is 3.52. The number of carbonyl (C=O) groups is 2. The van der Waals surface area contributed by atoms with Gasteiger partial charge in [0.25, 0.3) is 0 Å². The van der Waals surface area contributed by atoms with E-state index in [0.717, 1.165) is 5.76 Å². The second-order valence-electron chi connectivity index (χ2n) is 6.62. The molecule has 2 fully saturated rings. The van der Waals surface area contributed by atoms with Crippen LogP contribution in [-0.4, -0.2) is 64.3 Å². The highest BCUT2D eigenvalue weighted by Gasteiger charge is 2.37. The molecule has 0 N–H and O–H groups in total. The average molecular weight is 355 g/mol. The van der Waals surface area contributed by atoms with E-state index in [1.165, 1.54) is 0 Å². The largest absolute Gasteiger partial charge is 0.467 e. The van der Waals surface area contributed by atoms with Crippen LogP contribution in [0.1, 0.15) is 12.2 Å². The summed E-state index contributed by atoms with van der Waals surface area (Å²) in [7, 11) is 0. The van der Waals surface area contributed by atoms with Crippen molar-refractivity contribution in [1.29, 1.82) is 0 Å². The van der Waals surface area contributed by atoms with Crippen molar-refractivity contribution < 1.29 is 14.0 Å². The predicted molar refractivity (Wildman–Crippen MR) is 93.1 cm³/mol. The maximum atomic E-state index is 12.8. The van der Waals surface area contributed by atoms with Gasteiger partial charge in [0, 0.05) is 51.5 Å². The van der Waals surface area contributed by atoms with Gasteiger partial charge in [0.15, 0.2) is 0 Å². The molecule has 2 aliphatic heterocycles. The minimum absolute atomic E-state index is 0.0103. The van der Waals surface area contributed by atoms with Crippen LogP contribution < -0.4 is 4.90 Å². The molecule has 1 atom stereocenters. The molecule has 0 saturated carbocycles. The Kier molecular flexibility index (Phi) is 4.55. The molecule has 0 radical (unpaired) electrons. The Morgan fingerprint density at radius 2 is 1.92 bits per heavy atom. The number of carbonyl (C=O) groups excluding carboxylic acids is 2. The van der Waals surface area contributed by atoms with Gasteiger partial charge in [-0.1, -0.05) is 0 Å². The first kappa shape index (κ1) is 16.6. The molecule has 26 heavy (non-hydrogen) atoms. The highest BCUT2D eigenvalue weighted by Crippen LogP contribution is 2.23. The number of anilines is 1. The van der Waals surface area contributed by atoms with Crippen molar-refractivity contribution >= 4 is 17.8 Å². The molecule has 2 saturated heterocycles. The summed E-state index contributed by atoms with van der Waals surface area (Å²) in [6.07, 6.45) is 5.31. The Labute approximate surface area is 151 Å². The van der Waals surface area contributed by atoms with Crippen molar-refractivity contribution in [1.82, 2.24) is 19.8 Å². The highest BCUT2D eigenvalue weighted by molar-refractivity contribution is 5.89. The second-order valence-corrected chi connectivity index (χ2v) is 6.62. The lowest BCUT2D eigenvalue weighted by Crippen LogP contribution is -2.51. The summed E-state index contributed by atoms with van der Waals surface area (Å²) in [5.74, 6) is 1.24. The zero-order valence-corrected chi connectivity index (χ0v) is 14.5. The Hall–Kier alpha value is -2.90. The molecule has 2 aromatic heterocycles. The molecule has 0 bridgehead atoms. The number of rotatable bonds is 4. The van der Waals surface area contributed by atoms with Gasteiger partial charge in [0.2, 0.25) is 17.8 Å². The molecule has 4 heterocycles. The van der Waals surface area contributed by atoms with Gasteiger partial charge < -0.3 is 19.1 Å². The van der Waals surface area contributed by atoms with E-state index in [9.17, 15) is 9.59 Å². The molecule has 2 aliphatic rings. The van der Waals surface area contributed by atoms with Crippen molar-refractivity contribution in [2.75, 3.05) is 37.6 Å².